The summed E-state index contributed by atoms with van der Waals surface area (Å²) in [6, 6.07) is 5.10. The minimum atomic E-state index is -0.186. The highest BCUT2D eigenvalue weighted by Gasteiger charge is 2.12. The highest BCUT2D eigenvalue weighted by Crippen LogP contribution is 2.23. The second kappa shape index (κ2) is 6.75. The molecule has 0 unspecified atom stereocenters. The monoisotopic (exact) mass is 238 g/mol. The summed E-state index contributed by atoms with van der Waals surface area (Å²) in [7, 11) is 3.08. The maximum Gasteiger partial charge on any atom is 0.255 e. The van der Waals surface area contributed by atoms with Crippen molar-refractivity contribution < 1.29 is 14.3 Å². The first-order valence-electron chi connectivity index (χ1n) is 5.43. The standard InChI is InChI=1S/C12H18N2O3/c1-16-9-4-5-11(17-2)10(8-9)12(15)14-7-3-6-13/h4-5,8H,3,6-7,13H2,1-2H3,(H,14,15). The van der Waals surface area contributed by atoms with Gasteiger partial charge in [-0.05, 0) is 31.2 Å². The molecule has 1 aromatic rings. The molecule has 5 heteroatoms. The van der Waals surface area contributed by atoms with Crippen LogP contribution in [-0.4, -0.2) is 33.2 Å². The Morgan fingerprint density at radius 1 is 1.35 bits per heavy atom. The van der Waals surface area contributed by atoms with E-state index in [-0.39, 0.29) is 5.91 Å². The Kier molecular flexibility index (Phi) is 5.29. The van der Waals surface area contributed by atoms with E-state index in [0.717, 1.165) is 6.42 Å². The number of nitrogens with two attached hydrogens (primary N) is 1. The van der Waals surface area contributed by atoms with Crippen molar-refractivity contribution >= 4 is 5.91 Å². The summed E-state index contributed by atoms with van der Waals surface area (Å²) in [6.45, 7) is 1.10. The largest absolute Gasteiger partial charge is 0.497 e. The van der Waals surface area contributed by atoms with Gasteiger partial charge in [-0.1, -0.05) is 0 Å². The predicted octanol–water partition coefficient (Wildman–Crippen LogP) is 0.782. The van der Waals surface area contributed by atoms with Crippen molar-refractivity contribution in [3.8, 4) is 11.5 Å². The third kappa shape index (κ3) is 3.64. The van der Waals surface area contributed by atoms with Crippen LogP contribution in [0.4, 0.5) is 0 Å². The van der Waals surface area contributed by atoms with Gasteiger partial charge >= 0.3 is 0 Å². The molecule has 94 valence electrons. The van der Waals surface area contributed by atoms with Crippen LogP contribution in [0, 0.1) is 0 Å². The number of rotatable bonds is 6. The Bertz CT molecular complexity index is 380. The summed E-state index contributed by atoms with van der Waals surface area (Å²) in [6.07, 6.45) is 0.748. The van der Waals surface area contributed by atoms with E-state index in [1.54, 1.807) is 25.3 Å². The molecule has 0 aliphatic heterocycles. The van der Waals surface area contributed by atoms with Crippen LogP contribution in [0.15, 0.2) is 18.2 Å². The number of carbonyl (C=O) groups is 1. The number of amides is 1. The molecule has 1 amide bonds. The van der Waals surface area contributed by atoms with Gasteiger partial charge in [-0.15, -0.1) is 0 Å². The Labute approximate surface area is 101 Å². The average molecular weight is 238 g/mol. The first-order valence-corrected chi connectivity index (χ1v) is 5.43. The molecule has 1 rings (SSSR count). The SMILES string of the molecule is COc1ccc(OC)c(C(=O)NCCCN)c1. The van der Waals surface area contributed by atoms with Crippen LogP contribution >= 0.6 is 0 Å². The van der Waals surface area contributed by atoms with Crippen molar-refractivity contribution in [1.82, 2.24) is 5.32 Å². The first-order chi connectivity index (χ1) is 8.22. The fourth-order valence-electron chi connectivity index (χ4n) is 1.39. The van der Waals surface area contributed by atoms with Crippen LogP contribution in [0.3, 0.4) is 0 Å². The fourth-order valence-corrected chi connectivity index (χ4v) is 1.39. The minimum Gasteiger partial charge on any atom is -0.497 e. The molecule has 0 fully saturated rings. The van der Waals surface area contributed by atoms with Crippen LogP contribution in [-0.2, 0) is 0 Å². The Hall–Kier alpha value is -1.75. The van der Waals surface area contributed by atoms with E-state index < -0.39 is 0 Å². The van der Waals surface area contributed by atoms with Crippen molar-refractivity contribution in [3.63, 3.8) is 0 Å². The summed E-state index contributed by atoms with van der Waals surface area (Å²) >= 11 is 0. The molecule has 0 saturated heterocycles. The van der Waals surface area contributed by atoms with E-state index in [1.165, 1.54) is 7.11 Å². The van der Waals surface area contributed by atoms with Gasteiger partial charge in [0.1, 0.15) is 11.5 Å². The van der Waals surface area contributed by atoms with E-state index in [2.05, 4.69) is 5.32 Å². The average Bonchev–Trinajstić information content (AvgIpc) is 2.38. The van der Waals surface area contributed by atoms with E-state index in [1.807, 2.05) is 0 Å². The van der Waals surface area contributed by atoms with Crippen molar-refractivity contribution in [2.24, 2.45) is 5.73 Å². The highest BCUT2D eigenvalue weighted by molar-refractivity contribution is 5.97. The molecule has 0 aliphatic carbocycles. The second-order valence-electron chi connectivity index (χ2n) is 3.46. The molecule has 0 aromatic heterocycles. The maximum atomic E-state index is 11.9. The molecule has 0 saturated carbocycles. The number of nitrogens with one attached hydrogen (secondary N) is 1. The fraction of sp³-hybridized carbons (Fsp3) is 0.417. The van der Waals surface area contributed by atoms with E-state index >= 15 is 0 Å². The number of carbonyl (C=O) groups excluding carboxylic acids is 1. The number of ether oxygens (including phenoxy) is 2. The van der Waals surface area contributed by atoms with Gasteiger partial charge < -0.3 is 20.5 Å². The molecule has 0 spiro atoms. The summed E-state index contributed by atoms with van der Waals surface area (Å²) in [5, 5.41) is 2.77. The molecule has 17 heavy (non-hydrogen) atoms. The van der Waals surface area contributed by atoms with Crippen molar-refractivity contribution in [1.29, 1.82) is 0 Å². The molecule has 0 aliphatic rings. The highest BCUT2D eigenvalue weighted by atomic mass is 16.5. The zero-order valence-corrected chi connectivity index (χ0v) is 10.2. The molecular weight excluding hydrogens is 220 g/mol. The van der Waals surface area contributed by atoms with E-state index in [0.29, 0.717) is 30.2 Å². The van der Waals surface area contributed by atoms with Crippen molar-refractivity contribution in [2.75, 3.05) is 27.3 Å². The first kappa shape index (κ1) is 13.3. The summed E-state index contributed by atoms with van der Waals surface area (Å²) < 4.78 is 10.2. The quantitative estimate of drug-likeness (QED) is 0.718. The molecule has 1 aromatic carbocycles. The molecule has 0 heterocycles. The van der Waals surface area contributed by atoms with Gasteiger partial charge in [-0.3, -0.25) is 4.79 Å². The van der Waals surface area contributed by atoms with Crippen LogP contribution in [0.1, 0.15) is 16.8 Å². The van der Waals surface area contributed by atoms with Gasteiger partial charge in [0.05, 0.1) is 19.8 Å². The molecule has 0 bridgehead atoms. The van der Waals surface area contributed by atoms with Gasteiger partial charge in [0.2, 0.25) is 0 Å². The molecule has 0 atom stereocenters. The molecule has 5 nitrogen and oxygen atoms in total. The molecule has 0 radical (unpaired) electrons. The summed E-state index contributed by atoms with van der Waals surface area (Å²) in [5.41, 5.74) is 5.82. The normalized spacial score (nSPS) is 9.82. The lowest BCUT2D eigenvalue weighted by molar-refractivity contribution is 0.0950. The second-order valence-corrected chi connectivity index (χ2v) is 3.46. The van der Waals surface area contributed by atoms with Crippen LogP contribution in [0.25, 0.3) is 0 Å². The van der Waals surface area contributed by atoms with Gasteiger partial charge in [0, 0.05) is 6.54 Å². The smallest absolute Gasteiger partial charge is 0.255 e. The maximum absolute atomic E-state index is 11.9. The predicted molar refractivity (Wildman–Crippen MR) is 65.6 cm³/mol. The summed E-state index contributed by atoms with van der Waals surface area (Å²) in [5.74, 6) is 0.958. The zero-order valence-electron chi connectivity index (χ0n) is 10.2. The van der Waals surface area contributed by atoms with E-state index in [9.17, 15) is 4.79 Å². The minimum absolute atomic E-state index is 0.186. The van der Waals surface area contributed by atoms with Gasteiger partial charge in [0.25, 0.3) is 5.91 Å². The third-order valence-corrected chi connectivity index (χ3v) is 2.32. The van der Waals surface area contributed by atoms with Gasteiger partial charge in [-0.25, -0.2) is 0 Å². The lowest BCUT2D eigenvalue weighted by Gasteiger charge is -2.10. The lowest BCUT2D eigenvalue weighted by Crippen LogP contribution is -2.26. The zero-order chi connectivity index (χ0) is 12.7. The van der Waals surface area contributed by atoms with Crippen LogP contribution in [0.5, 0.6) is 11.5 Å². The molecule has 3 N–H and O–H groups in total. The van der Waals surface area contributed by atoms with Gasteiger partial charge in [-0.2, -0.15) is 0 Å². The van der Waals surface area contributed by atoms with Crippen molar-refractivity contribution in [3.05, 3.63) is 23.8 Å². The molecular formula is C12H18N2O3. The van der Waals surface area contributed by atoms with Gasteiger partial charge in [0.15, 0.2) is 0 Å². The number of hydrogen-bond acceptors (Lipinski definition) is 4. The van der Waals surface area contributed by atoms with E-state index in [4.69, 9.17) is 15.2 Å². The topological polar surface area (TPSA) is 73.6 Å². The van der Waals surface area contributed by atoms with Crippen LogP contribution < -0.4 is 20.5 Å². The third-order valence-electron chi connectivity index (χ3n) is 2.32. The van der Waals surface area contributed by atoms with Crippen molar-refractivity contribution in [2.45, 2.75) is 6.42 Å². The number of hydrogen-bond donors (Lipinski definition) is 2. The Morgan fingerprint density at radius 2 is 2.12 bits per heavy atom. The Balaban J connectivity index is 2.82. The lowest BCUT2D eigenvalue weighted by atomic mass is 10.1. The summed E-state index contributed by atoms with van der Waals surface area (Å²) in [4.78, 5) is 11.9. The van der Waals surface area contributed by atoms with Crippen LogP contribution in [0.2, 0.25) is 0 Å². The number of methoxy groups -OCH3 is 2. The number of benzene rings is 1. The Morgan fingerprint density at radius 3 is 2.71 bits per heavy atom.